The molecule has 5 nitrogen and oxygen atoms in total. The van der Waals surface area contributed by atoms with Gasteiger partial charge < -0.3 is 19.9 Å². The highest BCUT2D eigenvalue weighted by Crippen LogP contribution is 2.37. The summed E-state index contributed by atoms with van der Waals surface area (Å²) in [5.74, 6) is -1.02. The summed E-state index contributed by atoms with van der Waals surface area (Å²) in [6.45, 7) is 4.16. The molecule has 3 rings (SSSR count). The van der Waals surface area contributed by atoms with E-state index in [-0.39, 0.29) is 23.0 Å². The van der Waals surface area contributed by atoms with Crippen LogP contribution < -0.4 is 0 Å². The highest BCUT2D eigenvalue weighted by molar-refractivity contribution is 6.07. The number of nitrogens with zero attached hydrogens (tertiary/aromatic N) is 1. The lowest BCUT2D eigenvalue weighted by atomic mass is 10.0. The number of hydrogen-bond acceptors (Lipinski definition) is 3. The second kappa shape index (κ2) is 5.92. The number of fused-ring (bicyclic) bond motifs is 1. The highest BCUT2D eigenvalue weighted by Gasteiger charge is 2.26. The van der Waals surface area contributed by atoms with Gasteiger partial charge in [0, 0.05) is 11.3 Å². The molecule has 24 heavy (non-hydrogen) atoms. The average Bonchev–Trinajstić information content (AvgIpc) is 2.86. The van der Waals surface area contributed by atoms with E-state index in [4.69, 9.17) is 0 Å². The van der Waals surface area contributed by atoms with Crippen molar-refractivity contribution in [2.24, 2.45) is 0 Å². The number of aromatic hydroxyl groups is 2. The Morgan fingerprint density at radius 3 is 2.33 bits per heavy atom. The maximum absolute atomic E-state index is 11.9. The number of aromatic nitrogens is 1. The molecule has 0 aliphatic carbocycles. The molecule has 0 atom stereocenters. The van der Waals surface area contributed by atoms with Gasteiger partial charge in [-0.3, -0.25) is 0 Å². The van der Waals surface area contributed by atoms with Crippen LogP contribution in [-0.2, 0) is 6.54 Å². The van der Waals surface area contributed by atoms with E-state index in [0.29, 0.717) is 28.7 Å². The average molecular weight is 325 g/mol. The number of para-hydroxylation sites is 1. The van der Waals surface area contributed by atoms with Gasteiger partial charge in [-0.25, -0.2) is 4.79 Å². The zero-order chi connectivity index (χ0) is 17.4. The summed E-state index contributed by atoms with van der Waals surface area (Å²) in [6.07, 6.45) is 0. The Morgan fingerprint density at radius 2 is 1.71 bits per heavy atom. The van der Waals surface area contributed by atoms with Crippen molar-refractivity contribution in [1.82, 2.24) is 4.57 Å². The van der Waals surface area contributed by atoms with Crippen LogP contribution in [0.4, 0.5) is 0 Å². The number of aromatic carboxylic acids is 1. The summed E-state index contributed by atoms with van der Waals surface area (Å²) in [4.78, 5) is 11.9. The van der Waals surface area contributed by atoms with Gasteiger partial charge in [-0.1, -0.05) is 38.1 Å². The fourth-order valence-electron chi connectivity index (χ4n) is 3.20. The summed E-state index contributed by atoms with van der Waals surface area (Å²) in [6, 6.07) is 11.9. The van der Waals surface area contributed by atoms with Gasteiger partial charge in [0.1, 0.15) is 11.5 Å². The lowest BCUT2D eigenvalue weighted by Crippen LogP contribution is -2.10. The first-order chi connectivity index (χ1) is 11.4. The summed E-state index contributed by atoms with van der Waals surface area (Å²) < 4.78 is 1.86. The number of phenols is 2. The molecule has 0 fully saturated rings. The fourth-order valence-corrected chi connectivity index (χ4v) is 3.20. The van der Waals surface area contributed by atoms with E-state index < -0.39 is 5.97 Å². The summed E-state index contributed by atoms with van der Waals surface area (Å²) in [7, 11) is 0. The number of hydrogen-bond donors (Lipinski definition) is 3. The van der Waals surface area contributed by atoms with Gasteiger partial charge in [-0.15, -0.1) is 0 Å². The van der Waals surface area contributed by atoms with E-state index in [1.54, 1.807) is 30.3 Å². The summed E-state index contributed by atoms with van der Waals surface area (Å²) >= 11 is 0. The SMILES string of the molecule is CC(C)c1c(C(=O)O)c2c(O)cccc2n1Cc1ccccc1O. The van der Waals surface area contributed by atoms with E-state index >= 15 is 0 Å². The fraction of sp³-hybridized carbons (Fsp3) is 0.211. The van der Waals surface area contributed by atoms with Crippen LogP contribution in [0.1, 0.15) is 41.4 Å². The van der Waals surface area contributed by atoms with Gasteiger partial charge in [0.15, 0.2) is 0 Å². The van der Waals surface area contributed by atoms with Gasteiger partial charge in [0.2, 0.25) is 0 Å². The van der Waals surface area contributed by atoms with Crippen LogP contribution in [0.15, 0.2) is 42.5 Å². The topological polar surface area (TPSA) is 82.7 Å². The van der Waals surface area contributed by atoms with Crippen molar-refractivity contribution in [1.29, 1.82) is 0 Å². The van der Waals surface area contributed by atoms with Crippen molar-refractivity contribution in [2.75, 3.05) is 0 Å². The zero-order valence-electron chi connectivity index (χ0n) is 13.5. The van der Waals surface area contributed by atoms with Crippen LogP contribution in [0.25, 0.3) is 10.9 Å². The van der Waals surface area contributed by atoms with Crippen molar-refractivity contribution in [3.05, 3.63) is 59.3 Å². The van der Waals surface area contributed by atoms with Crippen LogP contribution in [0, 0.1) is 0 Å². The molecule has 0 spiro atoms. The van der Waals surface area contributed by atoms with Crippen LogP contribution in [0.2, 0.25) is 0 Å². The lowest BCUT2D eigenvalue weighted by Gasteiger charge is -2.15. The van der Waals surface area contributed by atoms with Gasteiger partial charge >= 0.3 is 5.97 Å². The minimum Gasteiger partial charge on any atom is -0.508 e. The van der Waals surface area contributed by atoms with Crippen LogP contribution in [0.5, 0.6) is 11.5 Å². The third kappa shape index (κ3) is 2.48. The number of phenolic OH excluding ortho intramolecular Hbond substituents is 2. The zero-order valence-corrected chi connectivity index (χ0v) is 13.5. The van der Waals surface area contributed by atoms with E-state index in [9.17, 15) is 20.1 Å². The monoisotopic (exact) mass is 325 g/mol. The number of rotatable bonds is 4. The molecule has 0 saturated carbocycles. The van der Waals surface area contributed by atoms with Crippen LogP contribution in [-0.4, -0.2) is 25.9 Å². The first-order valence-electron chi connectivity index (χ1n) is 7.76. The molecule has 0 bridgehead atoms. The summed E-state index contributed by atoms with van der Waals surface area (Å²) in [5, 5.41) is 30.3. The van der Waals surface area contributed by atoms with E-state index in [1.165, 1.54) is 6.07 Å². The maximum atomic E-state index is 11.9. The van der Waals surface area contributed by atoms with Crippen LogP contribution in [0.3, 0.4) is 0 Å². The number of carboxylic acid groups (broad SMARTS) is 1. The molecular weight excluding hydrogens is 306 g/mol. The number of carboxylic acids is 1. The minimum atomic E-state index is -1.07. The summed E-state index contributed by atoms with van der Waals surface area (Å²) in [5.41, 5.74) is 2.08. The smallest absolute Gasteiger partial charge is 0.338 e. The number of benzene rings is 2. The largest absolute Gasteiger partial charge is 0.508 e. The normalized spacial score (nSPS) is 11.3. The van der Waals surface area contributed by atoms with Crippen molar-refractivity contribution >= 4 is 16.9 Å². The van der Waals surface area contributed by atoms with Crippen molar-refractivity contribution < 1.29 is 20.1 Å². The predicted octanol–water partition coefficient (Wildman–Crippen LogP) is 3.92. The molecule has 0 amide bonds. The predicted molar refractivity (Wildman–Crippen MR) is 91.9 cm³/mol. The highest BCUT2D eigenvalue weighted by atomic mass is 16.4. The van der Waals surface area contributed by atoms with Crippen molar-refractivity contribution in [2.45, 2.75) is 26.3 Å². The Kier molecular flexibility index (Phi) is 3.93. The van der Waals surface area contributed by atoms with E-state index in [0.717, 1.165) is 0 Å². The first kappa shape index (κ1) is 15.9. The number of carbonyl (C=O) groups is 1. The maximum Gasteiger partial charge on any atom is 0.338 e. The molecule has 5 heteroatoms. The molecule has 2 aromatic carbocycles. The Labute approximate surface area is 139 Å². The molecule has 0 radical (unpaired) electrons. The quantitative estimate of drug-likeness (QED) is 0.679. The van der Waals surface area contributed by atoms with E-state index in [2.05, 4.69) is 0 Å². The molecule has 0 unspecified atom stereocenters. The third-order valence-electron chi connectivity index (χ3n) is 4.19. The second-order valence-electron chi connectivity index (χ2n) is 6.11. The standard InChI is InChI=1S/C19H19NO4/c1-11(2)18-17(19(23)24)16-13(7-5-9-15(16)22)20(18)10-12-6-3-4-8-14(12)21/h3-9,11,21-22H,10H2,1-2H3,(H,23,24). The molecule has 1 aromatic heterocycles. The molecule has 0 saturated heterocycles. The van der Waals surface area contributed by atoms with Gasteiger partial charge in [0.25, 0.3) is 0 Å². The Balaban J connectivity index is 2.34. The first-order valence-corrected chi connectivity index (χ1v) is 7.76. The molecule has 1 heterocycles. The Hall–Kier alpha value is -2.95. The molecule has 3 aromatic rings. The Morgan fingerprint density at radius 1 is 1.04 bits per heavy atom. The minimum absolute atomic E-state index is 0.0529. The van der Waals surface area contributed by atoms with E-state index in [1.807, 2.05) is 24.5 Å². The van der Waals surface area contributed by atoms with Gasteiger partial charge in [-0.2, -0.15) is 0 Å². The van der Waals surface area contributed by atoms with Gasteiger partial charge in [0.05, 0.1) is 23.0 Å². The van der Waals surface area contributed by atoms with Crippen molar-refractivity contribution in [3.63, 3.8) is 0 Å². The molecule has 3 N–H and O–H groups in total. The third-order valence-corrected chi connectivity index (χ3v) is 4.19. The molecule has 124 valence electrons. The molecular formula is C19H19NO4. The lowest BCUT2D eigenvalue weighted by molar-refractivity contribution is 0.0696. The second-order valence-corrected chi connectivity index (χ2v) is 6.11. The Bertz CT molecular complexity index is 925. The van der Waals surface area contributed by atoms with Crippen LogP contribution >= 0.6 is 0 Å². The molecule has 0 aliphatic heterocycles. The molecule has 0 aliphatic rings. The van der Waals surface area contributed by atoms with Crippen molar-refractivity contribution in [3.8, 4) is 11.5 Å². The van der Waals surface area contributed by atoms with Gasteiger partial charge in [-0.05, 0) is 24.1 Å².